The van der Waals surface area contributed by atoms with E-state index < -0.39 is 76.4 Å². The number of hydrogen-bond donors (Lipinski definition) is 1. The van der Waals surface area contributed by atoms with Gasteiger partial charge < -0.3 is 42.5 Å². The fourth-order valence-corrected chi connectivity index (χ4v) is 11.2. The summed E-state index contributed by atoms with van der Waals surface area (Å²) in [6.07, 6.45) is -3.75. The highest BCUT2D eigenvalue weighted by Gasteiger charge is 2.54. The van der Waals surface area contributed by atoms with Crippen molar-refractivity contribution in [1.82, 2.24) is 9.24 Å². The molecule has 3 aromatic carbocycles. The van der Waals surface area contributed by atoms with Gasteiger partial charge in [-0.25, -0.2) is 4.67 Å². The molecule has 71 heavy (non-hydrogen) atoms. The number of benzene rings is 3. The van der Waals surface area contributed by atoms with Crippen LogP contribution in [0.4, 0.5) is 5.82 Å². The topological polar surface area (TPSA) is 169 Å². The third kappa shape index (κ3) is 13.6. The molecule has 1 aromatic heterocycles. The molecule has 1 aliphatic heterocycles. The predicted molar refractivity (Wildman–Crippen MR) is 279 cm³/mol. The molecule has 1 amide bonds. The van der Waals surface area contributed by atoms with E-state index in [2.05, 4.69) is 77.6 Å². The highest BCUT2D eigenvalue weighted by Crippen LogP contribution is 2.53. The molecule has 2 heterocycles. The highest BCUT2D eigenvalue weighted by atomic mass is 31.2. The first-order chi connectivity index (χ1) is 33.4. The molecule has 1 fully saturated rings. The van der Waals surface area contributed by atoms with E-state index in [1.807, 2.05) is 78.9 Å². The number of esters is 1. The molecule has 1 saturated heterocycles. The van der Waals surface area contributed by atoms with Gasteiger partial charge >= 0.3 is 5.97 Å². The number of nitrogens with zero attached hydrogens (tertiary/aromatic N) is 3. The summed E-state index contributed by atoms with van der Waals surface area (Å²) in [4.78, 5) is 40.8. The van der Waals surface area contributed by atoms with Crippen molar-refractivity contribution in [3.63, 3.8) is 0 Å². The Hall–Kier alpha value is -4.95. The van der Waals surface area contributed by atoms with Gasteiger partial charge in [0.2, 0.25) is 5.91 Å². The first-order valence-corrected chi connectivity index (χ1v) is 28.2. The number of ether oxygens (including phenoxy) is 5. The summed E-state index contributed by atoms with van der Waals surface area (Å²) in [6, 6.07) is 30.7. The summed E-state index contributed by atoms with van der Waals surface area (Å²) >= 11 is 0. The zero-order valence-corrected chi connectivity index (χ0v) is 46.1. The van der Waals surface area contributed by atoms with Crippen LogP contribution < -0.4 is 20.3 Å². The Bertz CT molecular complexity index is 2430. The van der Waals surface area contributed by atoms with Crippen molar-refractivity contribution in [3.05, 3.63) is 124 Å². The van der Waals surface area contributed by atoms with Crippen molar-refractivity contribution < 1.29 is 46.7 Å². The average molecular weight is 1020 g/mol. The second-order valence-corrected chi connectivity index (χ2v) is 26.9. The zero-order chi connectivity index (χ0) is 52.5. The lowest BCUT2D eigenvalue weighted by molar-refractivity contribution is -0.157. The van der Waals surface area contributed by atoms with Gasteiger partial charge in [-0.05, 0) is 120 Å². The van der Waals surface area contributed by atoms with Gasteiger partial charge in [-0.1, -0.05) is 75.4 Å². The third-order valence-corrected chi connectivity index (χ3v) is 19.4. The van der Waals surface area contributed by atoms with Crippen molar-refractivity contribution >= 4 is 34.5 Å². The van der Waals surface area contributed by atoms with E-state index in [1.165, 1.54) is 11.5 Å². The SMILES string of the molecule is COc1ccc(C(OC[C@H]2O[C@@H](c3ccc(NC(C)=O)n(COC(=O)C(C)(C)C)c3=O)[C@H](O[Si](C)(C)C(C)(C)C)[C@@H]2OP(OCCC#N)N(C(C)C)C(C)C)(c2ccccc2)c2ccc(OC)cc2)cc1. The number of rotatable bonds is 22. The van der Waals surface area contributed by atoms with Crippen LogP contribution in [0.2, 0.25) is 18.1 Å². The molecule has 5 rings (SSSR count). The largest absolute Gasteiger partial charge is 0.497 e. The molecule has 0 bridgehead atoms. The number of pyridine rings is 1. The normalized spacial score (nSPS) is 18.1. The van der Waals surface area contributed by atoms with E-state index in [1.54, 1.807) is 47.1 Å². The van der Waals surface area contributed by atoms with E-state index in [4.69, 9.17) is 37.2 Å². The number of amides is 1. The summed E-state index contributed by atoms with van der Waals surface area (Å²) in [5, 5.41) is 12.1. The minimum atomic E-state index is -2.77. The average Bonchev–Trinajstić information content (AvgIpc) is 3.63. The molecule has 0 radical (unpaired) electrons. The van der Waals surface area contributed by atoms with Crippen molar-refractivity contribution in [1.29, 1.82) is 5.26 Å². The van der Waals surface area contributed by atoms with Gasteiger partial charge in [0.15, 0.2) is 15.0 Å². The summed E-state index contributed by atoms with van der Waals surface area (Å²) in [6.45, 7) is 24.9. The first-order valence-electron chi connectivity index (χ1n) is 24.2. The fourth-order valence-electron chi connectivity index (χ4n) is 8.13. The van der Waals surface area contributed by atoms with Gasteiger partial charge in [0.1, 0.15) is 47.3 Å². The fraction of sp³-hybridized carbons (Fsp3) is 0.519. The molecule has 17 heteroatoms. The second-order valence-electron chi connectivity index (χ2n) is 20.8. The highest BCUT2D eigenvalue weighted by molar-refractivity contribution is 7.44. The number of carbonyl (C=O) groups excluding carboxylic acids is 2. The van der Waals surface area contributed by atoms with E-state index in [0.717, 1.165) is 16.7 Å². The van der Waals surface area contributed by atoms with E-state index in [9.17, 15) is 14.9 Å². The van der Waals surface area contributed by atoms with Crippen molar-refractivity contribution in [2.24, 2.45) is 5.41 Å². The molecule has 0 aliphatic carbocycles. The van der Waals surface area contributed by atoms with Crippen LogP contribution in [0.25, 0.3) is 0 Å². The lowest BCUT2D eigenvalue weighted by Gasteiger charge is -2.42. The van der Waals surface area contributed by atoms with Gasteiger partial charge in [-0.3, -0.25) is 19.0 Å². The Morgan fingerprint density at radius 2 is 1.38 bits per heavy atom. The van der Waals surface area contributed by atoms with Crippen LogP contribution in [0.3, 0.4) is 0 Å². The third-order valence-electron chi connectivity index (χ3n) is 12.8. The van der Waals surface area contributed by atoms with Crippen molar-refractivity contribution in [3.8, 4) is 17.6 Å². The Kier molecular flexibility index (Phi) is 19.4. The number of carbonyl (C=O) groups is 2. The summed E-state index contributed by atoms with van der Waals surface area (Å²) in [5.41, 5.74) is -0.101. The molecule has 386 valence electrons. The van der Waals surface area contributed by atoms with Crippen LogP contribution in [0.1, 0.15) is 111 Å². The zero-order valence-electron chi connectivity index (χ0n) is 44.2. The maximum absolute atomic E-state index is 15.1. The monoisotopic (exact) mass is 1010 g/mol. The van der Waals surface area contributed by atoms with Gasteiger partial charge in [0.05, 0.1) is 45.3 Å². The van der Waals surface area contributed by atoms with E-state index in [0.29, 0.717) is 11.5 Å². The van der Waals surface area contributed by atoms with E-state index >= 15 is 4.79 Å². The van der Waals surface area contributed by atoms with Crippen LogP contribution >= 0.6 is 8.53 Å². The van der Waals surface area contributed by atoms with Gasteiger partial charge in [-0.15, -0.1) is 0 Å². The lowest BCUT2D eigenvalue weighted by Crippen LogP contribution is -2.50. The van der Waals surface area contributed by atoms with Crippen molar-refractivity contribution in [2.45, 2.75) is 150 Å². The maximum atomic E-state index is 15.1. The molecule has 5 atom stereocenters. The van der Waals surface area contributed by atoms with Crippen molar-refractivity contribution in [2.75, 3.05) is 32.8 Å². The van der Waals surface area contributed by atoms with Gasteiger partial charge in [-0.2, -0.15) is 5.26 Å². The lowest BCUT2D eigenvalue weighted by atomic mass is 9.80. The quantitative estimate of drug-likeness (QED) is 0.0260. The molecule has 1 unspecified atom stereocenters. The minimum Gasteiger partial charge on any atom is -0.497 e. The van der Waals surface area contributed by atoms with Gasteiger partial charge in [0, 0.05) is 24.6 Å². The number of anilines is 1. The molecular formula is C54H75N4O11PSi. The van der Waals surface area contributed by atoms with E-state index in [-0.39, 0.29) is 48.1 Å². The summed E-state index contributed by atoms with van der Waals surface area (Å²) < 4.78 is 56.5. The molecular weight excluding hydrogens is 940 g/mol. The number of nitriles is 1. The van der Waals surface area contributed by atoms with Gasteiger partial charge in [0.25, 0.3) is 14.1 Å². The van der Waals surface area contributed by atoms with Crippen LogP contribution in [0, 0.1) is 16.7 Å². The Morgan fingerprint density at radius 1 is 0.831 bits per heavy atom. The van der Waals surface area contributed by atoms with Crippen LogP contribution in [-0.4, -0.2) is 87.3 Å². The minimum absolute atomic E-state index is 0.0454. The number of nitrogens with one attached hydrogen (secondary N) is 1. The number of methoxy groups -OCH3 is 2. The van der Waals surface area contributed by atoms with Crippen LogP contribution in [-0.2, 0) is 49.6 Å². The Labute approximate surface area is 423 Å². The standard InChI is InChI=1S/C54H75N4O11PSi/c1-36(2)58(37(3)4)70(66-33-19-32-55)68-48-45(34-65-54(39-20-17-16-18-21-39,40-22-26-42(62-12)27-23-40)41-24-28-43(63-13)29-25-41)67-47(49(48)69-71(14,15)53(9,10)11)44-30-31-46(56-38(5)59)57(50(44)60)35-64-51(61)52(6,7)8/h16-18,20-31,36-37,45,47-49H,19,33-35H2,1-15H3,(H,56,59)/t45-,47+,48-,49+,70?/m1/s1. The van der Waals surface area contributed by atoms with Crippen LogP contribution in [0.15, 0.2) is 95.8 Å². The molecule has 15 nitrogen and oxygen atoms in total. The maximum Gasteiger partial charge on any atom is 0.312 e. The molecule has 1 aliphatic rings. The Morgan fingerprint density at radius 3 is 1.86 bits per heavy atom. The molecule has 4 aromatic rings. The van der Waals surface area contributed by atoms with Crippen LogP contribution in [0.5, 0.6) is 11.5 Å². The predicted octanol–water partition coefficient (Wildman–Crippen LogP) is 10.9. The Balaban J connectivity index is 1.80. The molecule has 0 saturated carbocycles. The molecule has 0 spiro atoms. The first kappa shape index (κ1) is 57.0. The smallest absolute Gasteiger partial charge is 0.312 e. The molecule has 1 N–H and O–H groups in total. The second kappa shape index (κ2) is 24.2. The summed E-state index contributed by atoms with van der Waals surface area (Å²) in [7, 11) is -1.44. The number of hydrogen-bond acceptors (Lipinski definition) is 13. The summed E-state index contributed by atoms with van der Waals surface area (Å²) in [5.74, 6) is 0.505. The number of aromatic nitrogens is 1.